The number of benzene rings is 1. The summed E-state index contributed by atoms with van der Waals surface area (Å²) >= 11 is 0. The van der Waals surface area contributed by atoms with Crippen LogP contribution in [0.15, 0.2) is 54.9 Å². The molecule has 2 fully saturated rings. The Morgan fingerprint density at radius 3 is 2.59 bits per heavy atom. The minimum Gasteiger partial charge on any atom is -0.484 e. The fraction of sp³-hybridized carbons (Fsp3) is 0.478. The predicted molar refractivity (Wildman–Crippen MR) is 111 cm³/mol. The van der Waals surface area contributed by atoms with Crippen LogP contribution < -0.4 is 4.74 Å². The number of hydrogen-bond acceptors (Lipinski definition) is 5. The molecule has 3 heterocycles. The van der Waals surface area contributed by atoms with Gasteiger partial charge in [0.1, 0.15) is 5.75 Å². The number of ether oxygens (including phenoxy) is 2. The first kappa shape index (κ1) is 19.9. The second-order valence-electron chi connectivity index (χ2n) is 8.10. The zero-order valence-corrected chi connectivity index (χ0v) is 16.8. The van der Waals surface area contributed by atoms with Crippen LogP contribution in [-0.4, -0.2) is 66.7 Å². The first-order valence-electron chi connectivity index (χ1n) is 10.4. The highest BCUT2D eigenvalue weighted by molar-refractivity contribution is 5.77. The van der Waals surface area contributed by atoms with E-state index in [0.717, 1.165) is 64.5 Å². The average molecular weight is 396 g/mol. The first-order chi connectivity index (χ1) is 14.2. The summed E-state index contributed by atoms with van der Waals surface area (Å²) in [5.41, 5.74) is 1.41. The van der Waals surface area contributed by atoms with Gasteiger partial charge in [-0.3, -0.25) is 14.7 Å². The van der Waals surface area contributed by atoms with E-state index >= 15 is 0 Å². The number of para-hydroxylation sites is 1. The van der Waals surface area contributed by atoms with Gasteiger partial charge >= 0.3 is 0 Å². The Labute approximate surface area is 172 Å². The Bertz CT molecular complexity index is 776. The van der Waals surface area contributed by atoms with E-state index in [1.165, 1.54) is 5.56 Å². The highest BCUT2D eigenvalue weighted by Gasteiger charge is 2.39. The molecule has 0 radical (unpaired) electrons. The predicted octanol–water partition coefficient (Wildman–Crippen LogP) is 2.60. The Hall–Kier alpha value is -2.44. The van der Waals surface area contributed by atoms with E-state index < -0.39 is 0 Å². The number of amides is 1. The van der Waals surface area contributed by atoms with Crippen molar-refractivity contribution >= 4 is 5.91 Å². The smallest absolute Gasteiger partial charge is 0.260 e. The molecule has 1 aromatic heterocycles. The number of carbonyl (C=O) groups is 1. The van der Waals surface area contributed by atoms with Crippen molar-refractivity contribution in [3.05, 3.63) is 60.4 Å². The molecule has 0 saturated carbocycles. The number of likely N-dealkylation sites (tertiary alicyclic amines) is 1. The van der Waals surface area contributed by atoms with E-state index in [-0.39, 0.29) is 17.9 Å². The summed E-state index contributed by atoms with van der Waals surface area (Å²) in [5, 5.41) is 0. The zero-order valence-electron chi connectivity index (χ0n) is 16.8. The molecule has 1 amide bonds. The number of hydrogen-bond donors (Lipinski definition) is 0. The molecule has 2 saturated heterocycles. The van der Waals surface area contributed by atoms with Crippen molar-refractivity contribution in [3.63, 3.8) is 0 Å². The third kappa shape index (κ3) is 5.34. The van der Waals surface area contributed by atoms with Gasteiger partial charge in [-0.05, 0) is 42.7 Å². The monoisotopic (exact) mass is 395 g/mol. The fourth-order valence-corrected chi connectivity index (χ4v) is 4.25. The lowest BCUT2D eigenvalue weighted by Gasteiger charge is -2.42. The Morgan fingerprint density at radius 1 is 1.07 bits per heavy atom. The van der Waals surface area contributed by atoms with E-state index in [2.05, 4.69) is 22.0 Å². The molecule has 4 rings (SSSR count). The molecular weight excluding hydrogens is 366 g/mol. The Kier molecular flexibility index (Phi) is 6.42. The van der Waals surface area contributed by atoms with Crippen molar-refractivity contribution < 1.29 is 14.3 Å². The topological polar surface area (TPSA) is 54.9 Å². The highest BCUT2D eigenvalue weighted by atomic mass is 16.5. The molecular formula is C23H29N3O3. The van der Waals surface area contributed by atoms with Crippen molar-refractivity contribution in [2.24, 2.45) is 5.41 Å². The maximum absolute atomic E-state index is 12.6. The van der Waals surface area contributed by atoms with Crippen LogP contribution in [-0.2, 0) is 16.1 Å². The van der Waals surface area contributed by atoms with Gasteiger partial charge in [-0.15, -0.1) is 0 Å². The fourth-order valence-electron chi connectivity index (χ4n) is 4.25. The van der Waals surface area contributed by atoms with Gasteiger partial charge in [-0.1, -0.05) is 18.2 Å². The van der Waals surface area contributed by atoms with E-state index in [1.54, 1.807) is 0 Å². The summed E-state index contributed by atoms with van der Waals surface area (Å²) in [5.74, 6) is 0.796. The summed E-state index contributed by atoms with van der Waals surface area (Å²) in [6, 6.07) is 13.7. The van der Waals surface area contributed by atoms with Gasteiger partial charge in [0.2, 0.25) is 0 Å². The maximum Gasteiger partial charge on any atom is 0.260 e. The number of pyridine rings is 1. The molecule has 2 aromatic rings. The molecule has 0 aliphatic carbocycles. The van der Waals surface area contributed by atoms with Gasteiger partial charge in [0.15, 0.2) is 6.61 Å². The van der Waals surface area contributed by atoms with Crippen molar-refractivity contribution in [2.75, 3.05) is 46.0 Å². The minimum atomic E-state index is 0.0619. The minimum absolute atomic E-state index is 0.0619. The molecule has 29 heavy (non-hydrogen) atoms. The molecule has 154 valence electrons. The quantitative estimate of drug-likeness (QED) is 0.779. The third-order valence-electron chi connectivity index (χ3n) is 5.96. The van der Waals surface area contributed by atoms with Gasteiger partial charge in [0.05, 0.1) is 13.2 Å². The van der Waals surface area contributed by atoms with E-state index in [4.69, 9.17) is 9.47 Å². The molecule has 6 nitrogen and oxygen atoms in total. The van der Waals surface area contributed by atoms with Crippen LogP contribution in [0.5, 0.6) is 5.75 Å². The standard InChI is InChI=1S/C23H29N3O3/c27-22(17-29-21-4-2-1-3-5-21)26-12-8-23(9-13-26)18-25(14-15-28-19-23)16-20-6-10-24-11-7-20/h1-7,10-11H,8-9,12-19H2. The number of carbonyl (C=O) groups excluding carboxylic acids is 1. The summed E-state index contributed by atoms with van der Waals surface area (Å²) in [6.07, 6.45) is 5.63. The van der Waals surface area contributed by atoms with Crippen LogP contribution in [0.25, 0.3) is 0 Å². The van der Waals surface area contributed by atoms with E-state index in [0.29, 0.717) is 0 Å². The lowest BCUT2D eigenvalue weighted by atomic mass is 9.78. The molecule has 2 aliphatic heterocycles. The number of nitrogens with zero attached hydrogens (tertiary/aromatic N) is 3. The van der Waals surface area contributed by atoms with Crippen molar-refractivity contribution in [2.45, 2.75) is 19.4 Å². The second-order valence-corrected chi connectivity index (χ2v) is 8.10. The van der Waals surface area contributed by atoms with Crippen LogP contribution in [0.4, 0.5) is 0 Å². The molecule has 0 N–H and O–H groups in total. The Morgan fingerprint density at radius 2 is 1.83 bits per heavy atom. The van der Waals surface area contributed by atoms with Crippen LogP contribution in [0.3, 0.4) is 0 Å². The second kappa shape index (κ2) is 9.37. The van der Waals surface area contributed by atoms with Gasteiger partial charge < -0.3 is 14.4 Å². The molecule has 1 spiro atoms. The maximum atomic E-state index is 12.6. The SMILES string of the molecule is O=C(COc1ccccc1)N1CCC2(CC1)COCCN(Cc1ccncc1)C2. The van der Waals surface area contributed by atoms with Gasteiger partial charge in [0, 0.05) is 50.5 Å². The van der Waals surface area contributed by atoms with Gasteiger partial charge in [-0.25, -0.2) is 0 Å². The average Bonchev–Trinajstić information content (AvgIpc) is 2.96. The van der Waals surface area contributed by atoms with Crippen molar-refractivity contribution in [1.82, 2.24) is 14.8 Å². The van der Waals surface area contributed by atoms with Gasteiger partial charge in [-0.2, -0.15) is 0 Å². The molecule has 0 bridgehead atoms. The first-order valence-corrected chi connectivity index (χ1v) is 10.4. The number of aromatic nitrogens is 1. The van der Waals surface area contributed by atoms with Crippen LogP contribution >= 0.6 is 0 Å². The van der Waals surface area contributed by atoms with Crippen molar-refractivity contribution in [1.29, 1.82) is 0 Å². The summed E-state index contributed by atoms with van der Waals surface area (Å²) in [6.45, 7) is 6.05. The molecule has 0 unspecified atom stereocenters. The van der Waals surface area contributed by atoms with Crippen LogP contribution in [0, 0.1) is 5.41 Å². The van der Waals surface area contributed by atoms with Crippen molar-refractivity contribution in [3.8, 4) is 5.75 Å². The largest absolute Gasteiger partial charge is 0.484 e. The van der Waals surface area contributed by atoms with E-state index in [9.17, 15) is 4.79 Å². The van der Waals surface area contributed by atoms with Gasteiger partial charge in [0.25, 0.3) is 5.91 Å². The molecule has 1 aromatic carbocycles. The lowest BCUT2D eigenvalue weighted by molar-refractivity contribution is -0.136. The van der Waals surface area contributed by atoms with E-state index in [1.807, 2.05) is 47.6 Å². The van der Waals surface area contributed by atoms with Crippen LogP contribution in [0.2, 0.25) is 0 Å². The molecule has 2 aliphatic rings. The summed E-state index contributed by atoms with van der Waals surface area (Å²) in [4.78, 5) is 21.1. The highest BCUT2D eigenvalue weighted by Crippen LogP contribution is 2.34. The molecule has 0 atom stereocenters. The summed E-state index contributed by atoms with van der Waals surface area (Å²) in [7, 11) is 0. The lowest BCUT2D eigenvalue weighted by Crippen LogP contribution is -2.49. The third-order valence-corrected chi connectivity index (χ3v) is 5.96. The Balaban J connectivity index is 1.30. The summed E-state index contributed by atoms with van der Waals surface area (Å²) < 4.78 is 11.6. The van der Waals surface area contributed by atoms with Crippen LogP contribution in [0.1, 0.15) is 18.4 Å². The zero-order chi connectivity index (χ0) is 19.9. The number of piperidine rings is 1. The number of rotatable bonds is 5. The normalized spacial score (nSPS) is 19.7. The molecule has 6 heteroatoms.